The van der Waals surface area contributed by atoms with Crippen LogP contribution in [0.1, 0.15) is 46.0 Å². The first kappa shape index (κ1) is 18.6. The summed E-state index contributed by atoms with van der Waals surface area (Å²) in [4.78, 5) is 24.2. The van der Waals surface area contributed by atoms with Gasteiger partial charge in [-0.05, 0) is 57.3 Å². The van der Waals surface area contributed by atoms with E-state index in [2.05, 4.69) is 5.32 Å². The molecular weight excluding hydrogens is 344 g/mol. The second-order valence-corrected chi connectivity index (χ2v) is 9.86. The molecule has 0 aromatic rings. The summed E-state index contributed by atoms with van der Waals surface area (Å²) in [6, 6.07) is 0.0721. The number of carbonyl (C=O) groups is 2. The SMILES string of the molecule is C[C@H](OC(=O)CN1CCCS1(=O)=O)C(=O)N[C@H](C)[C@@H]1C[C@H]2CC[C@H]1C2. The van der Waals surface area contributed by atoms with E-state index >= 15 is 0 Å². The van der Waals surface area contributed by atoms with E-state index in [1.807, 2.05) is 6.92 Å². The molecule has 0 aromatic carbocycles. The van der Waals surface area contributed by atoms with Gasteiger partial charge in [-0.25, -0.2) is 8.42 Å². The van der Waals surface area contributed by atoms with Crippen LogP contribution in [0.25, 0.3) is 0 Å². The van der Waals surface area contributed by atoms with Crippen molar-refractivity contribution in [3.8, 4) is 0 Å². The highest BCUT2D eigenvalue weighted by atomic mass is 32.2. The third kappa shape index (κ3) is 4.16. The van der Waals surface area contributed by atoms with E-state index in [0.717, 1.165) is 10.2 Å². The summed E-state index contributed by atoms with van der Waals surface area (Å²) in [5.41, 5.74) is 0. The molecule has 25 heavy (non-hydrogen) atoms. The second kappa shape index (κ2) is 7.23. The van der Waals surface area contributed by atoms with Gasteiger partial charge in [0.2, 0.25) is 10.0 Å². The van der Waals surface area contributed by atoms with E-state index in [4.69, 9.17) is 4.74 Å². The van der Waals surface area contributed by atoms with Gasteiger partial charge in [-0.1, -0.05) is 6.42 Å². The summed E-state index contributed by atoms with van der Waals surface area (Å²) in [5, 5.41) is 2.97. The van der Waals surface area contributed by atoms with Gasteiger partial charge in [0.25, 0.3) is 5.91 Å². The van der Waals surface area contributed by atoms with Crippen LogP contribution >= 0.6 is 0 Å². The predicted molar refractivity (Wildman–Crippen MR) is 92.1 cm³/mol. The largest absolute Gasteiger partial charge is 0.452 e. The first-order valence-electron chi connectivity index (χ1n) is 9.24. The minimum Gasteiger partial charge on any atom is -0.452 e. The van der Waals surface area contributed by atoms with Crippen molar-refractivity contribution in [2.24, 2.45) is 17.8 Å². The van der Waals surface area contributed by atoms with Crippen molar-refractivity contribution in [3.05, 3.63) is 0 Å². The number of fused-ring (bicyclic) bond motifs is 2. The molecule has 3 aliphatic rings. The molecule has 2 bridgehead atoms. The van der Waals surface area contributed by atoms with Gasteiger partial charge < -0.3 is 10.1 Å². The average molecular weight is 372 g/mol. The molecule has 1 saturated heterocycles. The lowest BCUT2D eigenvalue weighted by molar-refractivity contribution is -0.155. The summed E-state index contributed by atoms with van der Waals surface area (Å²) in [6.45, 7) is 3.56. The lowest BCUT2D eigenvalue weighted by Crippen LogP contribution is -2.45. The third-order valence-corrected chi connectivity index (χ3v) is 7.89. The molecule has 2 saturated carbocycles. The van der Waals surface area contributed by atoms with Gasteiger partial charge in [0, 0.05) is 12.6 Å². The molecule has 1 amide bonds. The molecule has 1 N–H and O–H groups in total. The summed E-state index contributed by atoms with van der Waals surface area (Å²) in [6.07, 6.45) is 4.62. The first-order chi connectivity index (χ1) is 11.8. The van der Waals surface area contributed by atoms with Gasteiger partial charge in [-0.3, -0.25) is 9.59 Å². The minimum absolute atomic E-state index is 0.0668. The summed E-state index contributed by atoms with van der Waals surface area (Å²) >= 11 is 0. The summed E-state index contributed by atoms with van der Waals surface area (Å²) in [7, 11) is -3.34. The van der Waals surface area contributed by atoms with Crippen molar-refractivity contribution < 1.29 is 22.7 Å². The van der Waals surface area contributed by atoms with Gasteiger partial charge >= 0.3 is 5.97 Å². The summed E-state index contributed by atoms with van der Waals surface area (Å²) in [5.74, 6) is 1.11. The van der Waals surface area contributed by atoms with E-state index in [1.165, 1.54) is 32.6 Å². The van der Waals surface area contributed by atoms with Crippen molar-refractivity contribution in [1.82, 2.24) is 9.62 Å². The standard InChI is InChI=1S/C17H28N2O5S/c1-11(15-9-13-4-5-14(15)8-13)18-17(21)12(2)24-16(20)10-19-6-3-7-25(19,22)23/h11-15H,3-10H2,1-2H3,(H,18,21)/t11-,12+,13+,14+,15+/m1/s1. The van der Waals surface area contributed by atoms with Crippen molar-refractivity contribution in [2.75, 3.05) is 18.8 Å². The maximum atomic E-state index is 12.3. The molecule has 0 spiro atoms. The van der Waals surface area contributed by atoms with Gasteiger partial charge in [0.05, 0.1) is 5.75 Å². The number of rotatable bonds is 6. The molecule has 3 fully saturated rings. The Hall–Kier alpha value is -1.15. The Kier molecular flexibility index (Phi) is 5.39. The molecule has 3 rings (SSSR count). The van der Waals surface area contributed by atoms with Crippen molar-refractivity contribution >= 4 is 21.9 Å². The fourth-order valence-corrected chi connectivity index (χ4v) is 6.12. The molecule has 1 heterocycles. The average Bonchev–Trinajstić information content (AvgIpc) is 3.23. The smallest absolute Gasteiger partial charge is 0.322 e. The lowest BCUT2D eigenvalue weighted by atomic mass is 9.84. The fraction of sp³-hybridized carbons (Fsp3) is 0.882. The molecule has 0 unspecified atom stereocenters. The number of amides is 1. The molecule has 2 aliphatic carbocycles. The number of sulfonamides is 1. The van der Waals surface area contributed by atoms with Crippen LogP contribution in [0.2, 0.25) is 0 Å². The number of carbonyl (C=O) groups excluding carboxylic acids is 2. The number of hydrogen-bond donors (Lipinski definition) is 1. The van der Waals surface area contributed by atoms with Crippen LogP contribution in [0.3, 0.4) is 0 Å². The molecule has 0 aromatic heterocycles. The Morgan fingerprint density at radius 1 is 1.24 bits per heavy atom. The normalized spacial score (nSPS) is 33.1. The number of ether oxygens (including phenoxy) is 1. The Labute approximate surface area is 149 Å². The Morgan fingerprint density at radius 2 is 2.00 bits per heavy atom. The zero-order valence-corrected chi connectivity index (χ0v) is 15.8. The molecule has 5 atom stereocenters. The maximum absolute atomic E-state index is 12.3. The minimum atomic E-state index is -3.34. The third-order valence-electron chi connectivity index (χ3n) is 5.99. The van der Waals surface area contributed by atoms with Crippen molar-refractivity contribution in [3.63, 3.8) is 0 Å². The zero-order valence-electron chi connectivity index (χ0n) is 14.9. The Bertz CT molecular complexity index is 635. The monoisotopic (exact) mass is 372 g/mol. The van der Waals surface area contributed by atoms with Crippen LogP contribution in [-0.2, 0) is 24.3 Å². The van der Waals surface area contributed by atoms with E-state index in [9.17, 15) is 18.0 Å². The quantitative estimate of drug-likeness (QED) is 0.699. The Morgan fingerprint density at radius 3 is 2.56 bits per heavy atom. The Balaban J connectivity index is 1.45. The topological polar surface area (TPSA) is 92.8 Å². The number of nitrogens with one attached hydrogen (secondary N) is 1. The van der Waals surface area contributed by atoms with Crippen LogP contribution in [0, 0.1) is 17.8 Å². The number of hydrogen-bond acceptors (Lipinski definition) is 5. The highest BCUT2D eigenvalue weighted by Crippen LogP contribution is 2.49. The predicted octanol–water partition coefficient (Wildman–Crippen LogP) is 0.895. The van der Waals surface area contributed by atoms with E-state index in [1.54, 1.807) is 0 Å². The highest BCUT2D eigenvalue weighted by molar-refractivity contribution is 7.89. The van der Waals surface area contributed by atoms with Crippen molar-refractivity contribution in [1.29, 1.82) is 0 Å². The molecule has 142 valence electrons. The molecule has 0 radical (unpaired) electrons. The van der Waals surface area contributed by atoms with Gasteiger partial charge in [0.15, 0.2) is 6.10 Å². The van der Waals surface area contributed by atoms with E-state index in [0.29, 0.717) is 24.8 Å². The van der Waals surface area contributed by atoms with Crippen LogP contribution in [0.4, 0.5) is 0 Å². The van der Waals surface area contributed by atoms with Gasteiger partial charge in [-0.2, -0.15) is 4.31 Å². The number of esters is 1. The van der Waals surface area contributed by atoms with Crippen LogP contribution in [-0.4, -0.2) is 55.6 Å². The van der Waals surface area contributed by atoms with Gasteiger partial charge in [-0.15, -0.1) is 0 Å². The van der Waals surface area contributed by atoms with Crippen LogP contribution in [0.15, 0.2) is 0 Å². The maximum Gasteiger partial charge on any atom is 0.322 e. The molecular formula is C17H28N2O5S. The highest BCUT2D eigenvalue weighted by Gasteiger charge is 2.42. The van der Waals surface area contributed by atoms with E-state index < -0.39 is 22.1 Å². The van der Waals surface area contributed by atoms with Gasteiger partial charge in [0.1, 0.15) is 6.54 Å². The van der Waals surface area contributed by atoms with Crippen molar-refractivity contribution in [2.45, 2.75) is 58.1 Å². The molecule has 8 heteroatoms. The van der Waals surface area contributed by atoms with E-state index in [-0.39, 0.29) is 24.2 Å². The van der Waals surface area contributed by atoms with Crippen LogP contribution < -0.4 is 5.32 Å². The first-order valence-corrected chi connectivity index (χ1v) is 10.8. The summed E-state index contributed by atoms with van der Waals surface area (Å²) < 4.78 is 29.7. The molecule has 7 nitrogen and oxygen atoms in total. The number of nitrogens with zero attached hydrogens (tertiary/aromatic N) is 1. The fourth-order valence-electron chi connectivity index (χ4n) is 4.66. The lowest BCUT2D eigenvalue weighted by Gasteiger charge is -2.29. The second-order valence-electron chi connectivity index (χ2n) is 7.77. The molecule has 1 aliphatic heterocycles. The van der Waals surface area contributed by atoms with Crippen LogP contribution in [0.5, 0.6) is 0 Å². The zero-order chi connectivity index (χ0) is 18.2.